The molecule has 1 N–H and O–H groups in total. The Hall–Kier alpha value is -2.67. The molecule has 1 saturated heterocycles. The number of aryl methyl sites for hydroxylation is 1. The van der Waals surface area contributed by atoms with Crippen LogP contribution >= 0.6 is 11.8 Å². The van der Waals surface area contributed by atoms with Crippen molar-refractivity contribution in [3.63, 3.8) is 0 Å². The lowest BCUT2D eigenvalue weighted by Gasteiger charge is -2.28. The lowest BCUT2D eigenvalue weighted by Crippen LogP contribution is -2.40. The highest BCUT2D eigenvalue weighted by atomic mass is 32.2. The molecule has 2 atom stereocenters. The van der Waals surface area contributed by atoms with Gasteiger partial charge in [-0.1, -0.05) is 36.4 Å². The Morgan fingerprint density at radius 3 is 2.62 bits per heavy atom. The molecule has 0 radical (unpaired) electrons. The third-order valence-electron chi connectivity index (χ3n) is 5.07. The van der Waals surface area contributed by atoms with E-state index in [-0.39, 0.29) is 22.6 Å². The van der Waals surface area contributed by atoms with Crippen molar-refractivity contribution in [2.75, 3.05) is 32.6 Å². The van der Waals surface area contributed by atoms with Gasteiger partial charge >= 0.3 is 6.03 Å². The minimum atomic E-state index is -0.241. The SMILES string of the molecule is COc1ccccc1NC(=O)N(C)CCN1C(=O)[C@@H](C)S[C@@H]1c1ccccc1C. The summed E-state index contributed by atoms with van der Waals surface area (Å²) in [4.78, 5) is 28.8. The molecule has 0 spiro atoms. The van der Waals surface area contributed by atoms with Crippen LogP contribution in [0.1, 0.15) is 23.4 Å². The maximum Gasteiger partial charge on any atom is 0.321 e. The first kappa shape index (κ1) is 21.0. The lowest BCUT2D eigenvalue weighted by atomic mass is 10.1. The van der Waals surface area contributed by atoms with Crippen molar-refractivity contribution in [3.8, 4) is 5.75 Å². The summed E-state index contributed by atoms with van der Waals surface area (Å²) in [5.41, 5.74) is 2.93. The summed E-state index contributed by atoms with van der Waals surface area (Å²) in [6, 6.07) is 15.2. The van der Waals surface area contributed by atoms with E-state index in [1.807, 2.05) is 36.1 Å². The van der Waals surface area contributed by atoms with Crippen LogP contribution in [0.4, 0.5) is 10.5 Å². The van der Waals surface area contributed by atoms with Crippen molar-refractivity contribution in [3.05, 3.63) is 59.7 Å². The van der Waals surface area contributed by atoms with Gasteiger partial charge in [-0.2, -0.15) is 0 Å². The summed E-state index contributed by atoms with van der Waals surface area (Å²) in [5.74, 6) is 0.718. The van der Waals surface area contributed by atoms with Crippen molar-refractivity contribution >= 4 is 29.4 Å². The van der Waals surface area contributed by atoms with Crippen molar-refractivity contribution in [2.24, 2.45) is 0 Å². The van der Waals surface area contributed by atoms with E-state index >= 15 is 0 Å². The number of amides is 3. The minimum absolute atomic E-state index is 0.0237. The van der Waals surface area contributed by atoms with Crippen LogP contribution in [0.5, 0.6) is 5.75 Å². The third-order valence-corrected chi connectivity index (χ3v) is 6.45. The van der Waals surface area contributed by atoms with Gasteiger partial charge in [0.15, 0.2) is 0 Å². The van der Waals surface area contributed by atoms with E-state index in [2.05, 4.69) is 24.4 Å². The summed E-state index contributed by atoms with van der Waals surface area (Å²) in [7, 11) is 3.29. The first-order chi connectivity index (χ1) is 13.9. The number of methoxy groups -OCH3 is 1. The number of carbonyl (C=O) groups excluding carboxylic acids is 2. The Morgan fingerprint density at radius 2 is 1.90 bits per heavy atom. The fraction of sp³-hybridized carbons (Fsp3) is 0.364. The molecule has 2 aromatic rings. The predicted molar refractivity (Wildman–Crippen MR) is 117 cm³/mol. The Bertz CT molecular complexity index is 889. The molecule has 1 fully saturated rings. The molecule has 2 aromatic carbocycles. The molecular formula is C22H27N3O3S. The summed E-state index contributed by atoms with van der Waals surface area (Å²) in [5, 5.41) is 2.75. The molecule has 1 aliphatic heterocycles. The van der Waals surface area contributed by atoms with Crippen LogP contribution in [0.3, 0.4) is 0 Å². The summed E-state index contributed by atoms with van der Waals surface area (Å²) in [6.45, 7) is 4.91. The highest BCUT2D eigenvalue weighted by Crippen LogP contribution is 2.43. The first-order valence-electron chi connectivity index (χ1n) is 9.59. The van der Waals surface area contributed by atoms with Gasteiger partial charge in [0.25, 0.3) is 0 Å². The largest absolute Gasteiger partial charge is 0.495 e. The number of nitrogens with one attached hydrogen (secondary N) is 1. The lowest BCUT2D eigenvalue weighted by molar-refractivity contribution is -0.129. The maximum absolute atomic E-state index is 12.7. The highest BCUT2D eigenvalue weighted by Gasteiger charge is 2.38. The average Bonchev–Trinajstić information content (AvgIpc) is 3.00. The first-order valence-corrected chi connectivity index (χ1v) is 10.5. The second-order valence-corrected chi connectivity index (χ2v) is 8.50. The average molecular weight is 414 g/mol. The van der Waals surface area contributed by atoms with E-state index in [4.69, 9.17) is 4.74 Å². The number of rotatable bonds is 6. The molecule has 7 heteroatoms. The Balaban J connectivity index is 1.66. The van der Waals surface area contributed by atoms with Gasteiger partial charge in [0, 0.05) is 20.1 Å². The second-order valence-electron chi connectivity index (χ2n) is 7.07. The number of likely N-dealkylation sites (N-methyl/N-ethyl adjacent to an activating group) is 1. The molecule has 1 aliphatic rings. The van der Waals surface area contributed by atoms with Crippen LogP contribution in [-0.4, -0.2) is 54.2 Å². The maximum atomic E-state index is 12.7. The number of para-hydroxylation sites is 2. The van der Waals surface area contributed by atoms with Crippen molar-refractivity contribution < 1.29 is 14.3 Å². The number of nitrogens with zero attached hydrogens (tertiary/aromatic N) is 2. The fourth-order valence-electron chi connectivity index (χ4n) is 3.32. The number of ether oxygens (including phenoxy) is 1. The summed E-state index contributed by atoms with van der Waals surface area (Å²) < 4.78 is 5.28. The quantitative estimate of drug-likeness (QED) is 0.774. The number of hydrogen-bond acceptors (Lipinski definition) is 4. The topological polar surface area (TPSA) is 61.9 Å². The number of carbonyl (C=O) groups is 2. The van der Waals surface area contributed by atoms with E-state index in [0.717, 1.165) is 5.56 Å². The van der Waals surface area contributed by atoms with Gasteiger partial charge in [-0.25, -0.2) is 4.79 Å². The molecule has 0 aliphatic carbocycles. The standard InChI is InChI=1S/C22H27N3O3S/c1-15-9-5-6-10-17(15)21-25(20(26)16(2)29-21)14-13-24(3)22(27)23-18-11-7-8-12-19(18)28-4/h5-12,16,21H,13-14H2,1-4H3,(H,23,27)/t16-,21-/m1/s1. The van der Waals surface area contributed by atoms with Gasteiger partial charge in [0.2, 0.25) is 5.91 Å². The Morgan fingerprint density at radius 1 is 1.21 bits per heavy atom. The molecule has 29 heavy (non-hydrogen) atoms. The zero-order chi connectivity index (χ0) is 21.0. The van der Waals surface area contributed by atoms with E-state index in [0.29, 0.717) is 24.5 Å². The van der Waals surface area contributed by atoms with E-state index in [1.54, 1.807) is 43.0 Å². The van der Waals surface area contributed by atoms with Gasteiger partial charge in [-0.15, -0.1) is 11.8 Å². The van der Waals surface area contributed by atoms with Crippen LogP contribution in [-0.2, 0) is 4.79 Å². The second kappa shape index (κ2) is 9.22. The van der Waals surface area contributed by atoms with Crippen LogP contribution in [0.15, 0.2) is 48.5 Å². The van der Waals surface area contributed by atoms with Crippen molar-refractivity contribution in [1.29, 1.82) is 0 Å². The molecular weight excluding hydrogens is 386 g/mol. The van der Waals surface area contributed by atoms with Gasteiger partial charge in [0.1, 0.15) is 11.1 Å². The zero-order valence-corrected chi connectivity index (χ0v) is 18.0. The summed E-state index contributed by atoms with van der Waals surface area (Å²) in [6.07, 6.45) is 0. The molecule has 1 heterocycles. The van der Waals surface area contributed by atoms with Crippen LogP contribution in [0.25, 0.3) is 0 Å². The van der Waals surface area contributed by atoms with E-state index in [9.17, 15) is 9.59 Å². The molecule has 0 saturated carbocycles. The van der Waals surface area contributed by atoms with Crippen molar-refractivity contribution in [2.45, 2.75) is 24.5 Å². The van der Waals surface area contributed by atoms with E-state index < -0.39 is 0 Å². The molecule has 6 nitrogen and oxygen atoms in total. The third kappa shape index (κ3) is 4.67. The number of benzene rings is 2. The summed E-state index contributed by atoms with van der Waals surface area (Å²) >= 11 is 1.66. The zero-order valence-electron chi connectivity index (χ0n) is 17.2. The number of thioether (sulfide) groups is 1. The predicted octanol–water partition coefficient (Wildman–Crippen LogP) is 4.13. The Kier molecular flexibility index (Phi) is 6.69. The highest BCUT2D eigenvalue weighted by molar-refractivity contribution is 8.01. The number of anilines is 1. The van der Waals surface area contributed by atoms with Crippen LogP contribution in [0, 0.1) is 6.92 Å². The molecule has 0 unspecified atom stereocenters. The normalized spacial score (nSPS) is 18.6. The molecule has 3 rings (SSSR count). The molecule has 0 bridgehead atoms. The smallest absolute Gasteiger partial charge is 0.321 e. The van der Waals surface area contributed by atoms with Crippen molar-refractivity contribution in [1.82, 2.24) is 9.80 Å². The van der Waals surface area contributed by atoms with Crippen LogP contribution in [0.2, 0.25) is 0 Å². The number of hydrogen-bond donors (Lipinski definition) is 1. The molecule has 3 amide bonds. The van der Waals surface area contributed by atoms with Gasteiger partial charge in [-0.3, -0.25) is 4.79 Å². The number of urea groups is 1. The van der Waals surface area contributed by atoms with Gasteiger partial charge in [0.05, 0.1) is 18.0 Å². The molecule has 0 aromatic heterocycles. The fourth-order valence-corrected chi connectivity index (χ4v) is 4.73. The van der Waals surface area contributed by atoms with Gasteiger partial charge in [-0.05, 0) is 37.1 Å². The molecule has 154 valence electrons. The minimum Gasteiger partial charge on any atom is -0.495 e. The van der Waals surface area contributed by atoms with Crippen LogP contribution < -0.4 is 10.1 Å². The monoisotopic (exact) mass is 413 g/mol. The van der Waals surface area contributed by atoms with E-state index in [1.165, 1.54) is 5.56 Å². The van der Waals surface area contributed by atoms with Gasteiger partial charge < -0.3 is 19.9 Å². The Labute approximate surface area is 176 Å².